The minimum Gasteiger partial charge on any atom is -0.338 e. The highest BCUT2D eigenvalue weighted by Crippen LogP contribution is 2.38. The van der Waals surface area contributed by atoms with Crippen LogP contribution in [0.1, 0.15) is 30.0 Å². The summed E-state index contributed by atoms with van der Waals surface area (Å²) in [5.41, 5.74) is 0.245. The molecule has 9 heteroatoms. The second kappa shape index (κ2) is 8.44. The summed E-state index contributed by atoms with van der Waals surface area (Å²) >= 11 is 1.48. The molecule has 29 heavy (non-hydrogen) atoms. The molecule has 2 aromatic rings. The number of anilines is 1. The monoisotopic (exact) mass is 423 g/mol. The molecule has 0 bridgehead atoms. The van der Waals surface area contributed by atoms with Crippen molar-refractivity contribution in [2.24, 2.45) is 5.92 Å². The van der Waals surface area contributed by atoms with Crippen LogP contribution in [0, 0.1) is 5.92 Å². The zero-order valence-corrected chi connectivity index (χ0v) is 16.7. The number of carbonyl (C=O) groups is 2. The molecule has 1 aliphatic heterocycles. The number of nitrogens with one attached hydrogen (secondary N) is 1. The second-order valence-corrected chi connectivity index (χ2v) is 7.62. The van der Waals surface area contributed by atoms with Gasteiger partial charge >= 0.3 is 6.18 Å². The van der Waals surface area contributed by atoms with Crippen molar-refractivity contribution in [1.82, 2.24) is 9.88 Å². The molecular formula is C20H20F3N3O2S. The fraction of sp³-hybridized carbons (Fsp3) is 0.350. The first kappa shape index (κ1) is 21.2. The van der Waals surface area contributed by atoms with Crippen molar-refractivity contribution < 1.29 is 22.8 Å². The van der Waals surface area contributed by atoms with E-state index in [4.69, 9.17) is 0 Å². The van der Waals surface area contributed by atoms with E-state index in [1.165, 1.54) is 28.8 Å². The zero-order chi connectivity index (χ0) is 21.2. The largest absolute Gasteiger partial charge is 0.416 e. The molecule has 2 amide bonds. The number of rotatable bonds is 4. The number of hydrogen-bond donors (Lipinski definition) is 1. The summed E-state index contributed by atoms with van der Waals surface area (Å²) in [6.45, 7) is 0. The SMILES string of the molecule is CSc1ccc(NC(=O)C2CCC(=O)N(C)C2c2ccc(C(F)(F)F)cc2)cn1. The minimum atomic E-state index is -4.44. The quantitative estimate of drug-likeness (QED) is 0.742. The van der Waals surface area contributed by atoms with Crippen LogP contribution in [0.3, 0.4) is 0 Å². The maximum absolute atomic E-state index is 12.9. The summed E-state index contributed by atoms with van der Waals surface area (Å²) in [5, 5.41) is 3.62. The van der Waals surface area contributed by atoms with Gasteiger partial charge in [-0.15, -0.1) is 11.8 Å². The van der Waals surface area contributed by atoms with E-state index < -0.39 is 23.7 Å². The first-order valence-corrected chi connectivity index (χ1v) is 10.2. The Kier molecular flexibility index (Phi) is 6.16. The molecule has 1 aromatic heterocycles. The number of nitrogens with zero attached hydrogens (tertiary/aromatic N) is 2. The van der Waals surface area contributed by atoms with Gasteiger partial charge in [0.05, 0.1) is 34.4 Å². The Labute approximate surface area is 170 Å². The summed E-state index contributed by atoms with van der Waals surface area (Å²) in [4.78, 5) is 30.8. The van der Waals surface area contributed by atoms with E-state index in [2.05, 4.69) is 10.3 Å². The van der Waals surface area contributed by atoms with Crippen LogP contribution in [-0.4, -0.2) is 35.0 Å². The Morgan fingerprint density at radius 1 is 1.21 bits per heavy atom. The molecule has 0 aliphatic carbocycles. The number of hydrogen-bond acceptors (Lipinski definition) is 4. The molecule has 3 rings (SSSR count). The van der Waals surface area contributed by atoms with Crippen LogP contribution in [0.15, 0.2) is 47.6 Å². The van der Waals surface area contributed by atoms with E-state index in [1.807, 2.05) is 6.26 Å². The molecule has 2 heterocycles. The molecule has 1 aliphatic rings. The number of piperidine rings is 1. The summed E-state index contributed by atoms with van der Waals surface area (Å²) < 4.78 is 38.6. The van der Waals surface area contributed by atoms with Crippen LogP contribution >= 0.6 is 11.8 Å². The molecule has 5 nitrogen and oxygen atoms in total. The van der Waals surface area contributed by atoms with Crippen molar-refractivity contribution in [3.05, 3.63) is 53.7 Å². The van der Waals surface area contributed by atoms with Crippen molar-refractivity contribution in [1.29, 1.82) is 0 Å². The molecule has 0 spiro atoms. The van der Waals surface area contributed by atoms with Gasteiger partial charge in [-0.1, -0.05) is 12.1 Å². The lowest BCUT2D eigenvalue weighted by Crippen LogP contribution is -2.44. The van der Waals surface area contributed by atoms with E-state index in [1.54, 1.807) is 25.4 Å². The summed E-state index contributed by atoms with van der Waals surface area (Å²) in [5.74, 6) is -1.03. The molecule has 1 N–H and O–H groups in total. The number of likely N-dealkylation sites (tertiary alicyclic amines) is 1. The zero-order valence-electron chi connectivity index (χ0n) is 15.9. The maximum Gasteiger partial charge on any atom is 0.416 e. The molecule has 2 atom stereocenters. The maximum atomic E-state index is 12.9. The van der Waals surface area contributed by atoms with E-state index >= 15 is 0 Å². The second-order valence-electron chi connectivity index (χ2n) is 6.79. The predicted octanol–water partition coefficient (Wildman–Crippen LogP) is 4.37. The van der Waals surface area contributed by atoms with Gasteiger partial charge in [0.2, 0.25) is 11.8 Å². The van der Waals surface area contributed by atoms with Gasteiger partial charge in [-0.25, -0.2) is 4.98 Å². The number of amides is 2. The molecule has 1 fully saturated rings. The standard InChI is InChI=1S/C20H20F3N3O2S/c1-26-17(27)10-8-15(19(28)25-14-7-9-16(29-2)24-11-14)18(26)12-3-5-13(6-4-12)20(21,22)23/h3-7,9,11,15,18H,8,10H2,1-2H3,(H,25,28). The highest BCUT2D eigenvalue weighted by Gasteiger charge is 2.39. The van der Waals surface area contributed by atoms with Crippen LogP contribution in [-0.2, 0) is 15.8 Å². The lowest BCUT2D eigenvalue weighted by atomic mass is 9.83. The van der Waals surface area contributed by atoms with Crippen LogP contribution < -0.4 is 5.32 Å². The average Bonchev–Trinajstić information content (AvgIpc) is 2.70. The van der Waals surface area contributed by atoms with E-state index in [0.29, 0.717) is 17.7 Å². The molecule has 154 valence electrons. The molecule has 1 aromatic carbocycles. The summed E-state index contributed by atoms with van der Waals surface area (Å²) in [7, 11) is 1.57. The van der Waals surface area contributed by atoms with Crippen LogP contribution in [0.4, 0.5) is 18.9 Å². The Morgan fingerprint density at radius 3 is 2.45 bits per heavy atom. The smallest absolute Gasteiger partial charge is 0.338 e. The topological polar surface area (TPSA) is 62.3 Å². The van der Waals surface area contributed by atoms with E-state index in [0.717, 1.165) is 17.2 Å². The number of alkyl halides is 3. The Balaban J connectivity index is 1.85. The van der Waals surface area contributed by atoms with Gasteiger partial charge in [-0.05, 0) is 42.5 Å². The van der Waals surface area contributed by atoms with Crippen molar-refractivity contribution in [3.8, 4) is 0 Å². The predicted molar refractivity (Wildman–Crippen MR) is 104 cm³/mol. The van der Waals surface area contributed by atoms with Gasteiger partial charge in [0.15, 0.2) is 0 Å². The number of thioether (sulfide) groups is 1. The lowest BCUT2D eigenvalue weighted by Gasteiger charge is -2.38. The Bertz CT molecular complexity index is 885. The fourth-order valence-electron chi connectivity index (χ4n) is 3.45. The van der Waals surface area contributed by atoms with Gasteiger partial charge in [0.1, 0.15) is 0 Å². The summed E-state index contributed by atoms with van der Waals surface area (Å²) in [6, 6.07) is 7.49. The van der Waals surface area contributed by atoms with Gasteiger partial charge in [0, 0.05) is 13.5 Å². The van der Waals surface area contributed by atoms with Crippen LogP contribution in [0.25, 0.3) is 0 Å². The van der Waals surface area contributed by atoms with Gasteiger partial charge < -0.3 is 10.2 Å². The van der Waals surface area contributed by atoms with Crippen LogP contribution in [0.2, 0.25) is 0 Å². The lowest BCUT2D eigenvalue weighted by molar-refractivity contribution is -0.140. The Morgan fingerprint density at radius 2 is 1.90 bits per heavy atom. The molecular weight excluding hydrogens is 403 g/mol. The van der Waals surface area contributed by atoms with Gasteiger partial charge in [-0.3, -0.25) is 9.59 Å². The van der Waals surface area contributed by atoms with Gasteiger partial charge in [0.25, 0.3) is 0 Å². The third kappa shape index (κ3) is 4.72. The normalized spacial score (nSPS) is 19.9. The molecule has 0 saturated carbocycles. The molecule has 1 saturated heterocycles. The van der Waals surface area contributed by atoms with Crippen LogP contribution in [0.5, 0.6) is 0 Å². The van der Waals surface area contributed by atoms with E-state index in [9.17, 15) is 22.8 Å². The van der Waals surface area contributed by atoms with Crippen molar-refractivity contribution in [2.45, 2.75) is 30.1 Å². The number of benzene rings is 1. The third-order valence-corrected chi connectivity index (χ3v) is 5.65. The fourth-order valence-corrected chi connectivity index (χ4v) is 3.81. The average molecular weight is 423 g/mol. The number of carbonyl (C=O) groups excluding carboxylic acids is 2. The highest BCUT2D eigenvalue weighted by molar-refractivity contribution is 7.98. The molecule has 2 unspecified atom stereocenters. The van der Waals surface area contributed by atoms with Gasteiger partial charge in [-0.2, -0.15) is 13.2 Å². The molecule has 0 radical (unpaired) electrons. The van der Waals surface area contributed by atoms with Crippen molar-refractivity contribution >= 4 is 29.3 Å². The summed E-state index contributed by atoms with van der Waals surface area (Å²) in [6.07, 6.45) is -0.482. The number of pyridine rings is 1. The first-order valence-electron chi connectivity index (χ1n) is 8.94. The first-order chi connectivity index (χ1) is 13.7. The highest BCUT2D eigenvalue weighted by atomic mass is 32.2. The number of aromatic nitrogens is 1. The third-order valence-electron chi connectivity index (χ3n) is 4.99. The van der Waals surface area contributed by atoms with Crippen molar-refractivity contribution in [2.75, 3.05) is 18.6 Å². The minimum absolute atomic E-state index is 0.148. The van der Waals surface area contributed by atoms with Crippen molar-refractivity contribution in [3.63, 3.8) is 0 Å². The van der Waals surface area contributed by atoms with E-state index in [-0.39, 0.29) is 18.2 Å². The Hall–Kier alpha value is -2.55. The number of halogens is 3.